The minimum absolute atomic E-state index is 0.341. The molecule has 1 aliphatic heterocycles. The van der Waals surface area contributed by atoms with Gasteiger partial charge < -0.3 is 14.8 Å². The van der Waals surface area contributed by atoms with Crippen molar-refractivity contribution in [2.24, 2.45) is 0 Å². The van der Waals surface area contributed by atoms with Gasteiger partial charge in [-0.1, -0.05) is 0 Å². The van der Waals surface area contributed by atoms with Crippen LogP contribution in [0.5, 0.6) is 0 Å². The summed E-state index contributed by atoms with van der Waals surface area (Å²) >= 11 is 8.76. The average Bonchev–Trinajstić information content (AvgIpc) is 2.99. The summed E-state index contributed by atoms with van der Waals surface area (Å²) in [5, 5.41) is 3.43. The van der Waals surface area contributed by atoms with Crippen molar-refractivity contribution in [3.8, 4) is 0 Å². The van der Waals surface area contributed by atoms with Crippen molar-refractivity contribution in [2.45, 2.75) is 31.9 Å². The smallest absolute Gasteiger partial charge is 0.0843 e. The molecule has 1 N–H and O–H groups in total. The molecule has 19 heavy (non-hydrogen) atoms. The number of hydrogen-bond donors (Lipinski definition) is 1. The molecule has 0 amide bonds. The Morgan fingerprint density at radius 2 is 2.37 bits per heavy atom. The van der Waals surface area contributed by atoms with Gasteiger partial charge in [0.25, 0.3) is 0 Å². The lowest BCUT2D eigenvalue weighted by atomic mass is 10.2. The van der Waals surface area contributed by atoms with Gasteiger partial charge in [0.2, 0.25) is 0 Å². The number of ether oxygens (including phenoxy) is 2. The first-order valence-corrected chi connectivity index (χ1v) is 8.99. The van der Waals surface area contributed by atoms with Gasteiger partial charge >= 0.3 is 0 Å². The van der Waals surface area contributed by atoms with E-state index in [0.29, 0.717) is 6.10 Å². The van der Waals surface area contributed by atoms with Gasteiger partial charge in [-0.05, 0) is 63.7 Å². The van der Waals surface area contributed by atoms with Crippen molar-refractivity contribution in [2.75, 3.05) is 26.4 Å². The molecular formula is C13H19Br2NO2S. The van der Waals surface area contributed by atoms with Gasteiger partial charge in [0.05, 0.1) is 16.5 Å². The molecule has 108 valence electrons. The van der Waals surface area contributed by atoms with Crippen LogP contribution in [0, 0.1) is 0 Å². The third-order valence-corrected chi connectivity index (χ3v) is 6.22. The molecule has 1 fully saturated rings. The van der Waals surface area contributed by atoms with Crippen molar-refractivity contribution >= 4 is 43.2 Å². The van der Waals surface area contributed by atoms with Crippen LogP contribution in [0.1, 0.15) is 24.1 Å². The van der Waals surface area contributed by atoms with Crippen LogP contribution in [-0.4, -0.2) is 32.5 Å². The van der Waals surface area contributed by atoms with Crippen molar-refractivity contribution < 1.29 is 9.47 Å². The second kappa shape index (κ2) is 8.74. The zero-order valence-corrected chi connectivity index (χ0v) is 14.8. The number of halogens is 2. The summed E-state index contributed by atoms with van der Waals surface area (Å²) in [6.45, 7) is 4.37. The monoisotopic (exact) mass is 411 g/mol. The Morgan fingerprint density at radius 3 is 3.05 bits per heavy atom. The topological polar surface area (TPSA) is 30.5 Å². The van der Waals surface area contributed by atoms with Gasteiger partial charge in [0.15, 0.2) is 0 Å². The highest BCUT2D eigenvalue weighted by molar-refractivity contribution is 9.13. The SMILES string of the molecule is Brc1cc(CNCCCOCC2CCCO2)sc1Br. The fraction of sp³-hybridized carbons (Fsp3) is 0.692. The molecule has 2 rings (SSSR count). The summed E-state index contributed by atoms with van der Waals surface area (Å²) in [5.41, 5.74) is 0. The quantitative estimate of drug-likeness (QED) is 0.655. The van der Waals surface area contributed by atoms with E-state index in [1.807, 2.05) is 0 Å². The van der Waals surface area contributed by atoms with E-state index in [0.717, 1.165) is 54.0 Å². The van der Waals surface area contributed by atoms with Crippen LogP contribution in [0.15, 0.2) is 14.3 Å². The third kappa shape index (κ3) is 5.81. The summed E-state index contributed by atoms with van der Waals surface area (Å²) < 4.78 is 13.4. The lowest BCUT2D eigenvalue weighted by Gasteiger charge is -2.10. The maximum Gasteiger partial charge on any atom is 0.0843 e. The molecule has 0 aromatic carbocycles. The standard InChI is InChI=1S/C13H19Br2NO2S/c14-12-7-11(19-13(12)15)8-16-4-2-5-17-9-10-3-1-6-18-10/h7,10,16H,1-6,8-9H2. The molecule has 6 heteroatoms. The van der Waals surface area contributed by atoms with Crippen LogP contribution in [0.25, 0.3) is 0 Å². The highest BCUT2D eigenvalue weighted by Crippen LogP contribution is 2.32. The fourth-order valence-corrected chi connectivity index (χ4v) is 4.13. The third-order valence-electron chi connectivity index (χ3n) is 2.97. The van der Waals surface area contributed by atoms with E-state index in [2.05, 4.69) is 43.2 Å². The zero-order chi connectivity index (χ0) is 13.5. The number of thiophene rings is 1. The Kier molecular flexibility index (Phi) is 7.33. The fourth-order valence-electron chi connectivity index (χ4n) is 1.98. The molecule has 3 nitrogen and oxygen atoms in total. The lowest BCUT2D eigenvalue weighted by Crippen LogP contribution is -2.18. The molecular weight excluding hydrogens is 394 g/mol. The normalized spacial score (nSPS) is 19.2. The molecule has 0 spiro atoms. The van der Waals surface area contributed by atoms with Crippen LogP contribution in [0.2, 0.25) is 0 Å². The summed E-state index contributed by atoms with van der Waals surface area (Å²) in [7, 11) is 0. The Hall–Kier alpha value is 0.540. The highest BCUT2D eigenvalue weighted by atomic mass is 79.9. The first-order valence-electron chi connectivity index (χ1n) is 6.59. The van der Waals surface area contributed by atoms with Crippen molar-refractivity contribution in [3.05, 3.63) is 19.2 Å². The van der Waals surface area contributed by atoms with Crippen LogP contribution < -0.4 is 5.32 Å². The van der Waals surface area contributed by atoms with Gasteiger partial charge in [0, 0.05) is 29.1 Å². The summed E-state index contributed by atoms with van der Waals surface area (Å²) in [6.07, 6.45) is 3.72. The Labute approximate surface area is 135 Å². The number of hydrogen-bond acceptors (Lipinski definition) is 4. The molecule has 0 bridgehead atoms. The second-order valence-corrected chi connectivity index (χ2v) is 7.88. The first-order chi connectivity index (χ1) is 9.25. The van der Waals surface area contributed by atoms with E-state index in [4.69, 9.17) is 9.47 Å². The first kappa shape index (κ1) is 15.9. The Morgan fingerprint density at radius 1 is 1.47 bits per heavy atom. The average molecular weight is 413 g/mol. The molecule has 0 aliphatic carbocycles. The van der Waals surface area contributed by atoms with Crippen molar-refractivity contribution in [3.63, 3.8) is 0 Å². The van der Waals surface area contributed by atoms with E-state index in [1.165, 1.54) is 11.3 Å². The molecule has 1 aliphatic rings. The zero-order valence-electron chi connectivity index (χ0n) is 10.8. The molecule has 1 saturated heterocycles. The highest BCUT2D eigenvalue weighted by Gasteiger charge is 2.14. The van der Waals surface area contributed by atoms with Crippen molar-refractivity contribution in [1.29, 1.82) is 0 Å². The Bertz CT molecular complexity index is 361. The van der Waals surface area contributed by atoms with E-state index >= 15 is 0 Å². The largest absolute Gasteiger partial charge is 0.379 e. The molecule has 1 unspecified atom stereocenters. The van der Waals surface area contributed by atoms with E-state index < -0.39 is 0 Å². The predicted molar refractivity (Wildman–Crippen MR) is 85.8 cm³/mol. The van der Waals surface area contributed by atoms with E-state index in [-0.39, 0.29) is 0 Å². The maximum atomic E-state index is 5.62. The number of nitrogens with one attached hydrogen (secondary N) is 1. The summed E-state index contributed by atoms with van der Waals surface area (Å²) in [6, 6.07) is 2.15. The summed E-state index contributed by atoms with van der Waals surface area (Å²) in [5.74, 6) is 0. The van der Waals surface area contributed by atoms with Crippen LogP contribution in [0.3, 0.4) is 0 Å². The van der Waals surface area contributed by atoms with Crippen LogP contribution in [0.4, 0.5) is 0 Å². The van der Waals surface area contributed by atoms with Gasteiger partial charge in [0.1, 0.15) is 0 Å². The minimum atomic E-state index is 0.341. The Balaban J connectivity index is 1.45. The second-order valence-electron chi connectivity index (χ2n) is 4.57. The van der Waals surface area contributed by atoms with Crippen molar-refractivity contribution in [1.82, 2.24) is 5.32 Å². The van der Waals surface area contributed by atoms with Crippen LogP contribution >= 0.6 is 43.2 Å². The van der Waals surface area contributed by atoms with Gasteiger partial charge in [-0.3, -0.25) is 0 Å². The van der Waals surface area contributed by atoms with Gasteiger partial charge in [-0.15, -0.1) is 11.3 Å². The van der Waals surface area contributed by atoms with E-state index in [1.54, 1.807) is 11.3 Å². The minimum Gasteiger partial charge on any atom is -0.379 e. The molecule has 2 heterocycles. The molecule has 1 atom stereocenters. The summed E-state index contributed by atoms with van der Waals surface area (Å²) in [4.78, 5) is 1.33. The molecule has 0 saturated carbocycles. The molecule has 1 aromatic heterocycles. The van der Waals surface area contributed by atoms with Crippen LogP contribution in [-0.2, 0) is 16.0 Å². The maximum absolute atomic E-state index is 5.62. The van der Waals surface area contributed by atoms with Gasteiger partial charge in [-0.2, -0.15) is 0 Å². The molecule has 1 aromatic rings. The lowest BCUT2D eigenvalue weighted by molar-refractivity contribution is 0.0166. The predicted octanol–water partition coefficient (Wildman–Crippen LogP) is 3.95. The van der Waals surface area contributed by atoms with E-state index in [9.17, 15) is 0 Å². The number of rotatable bonds is 8. The van der Waals surface area contributed by atoms with Gasteiger partial charge in [-0.25, -0.2) is 0 Å². The molecule has 0 radical (unpaired) electrons.